The van der Waals surface area contributed by atoms with Crippen molar-refractivity contribution in [3.8, 4) is 0 Å². The number of rotatable bonds is 5. The van der Waals surface area contributed by atoms with Crippen molar-refractivity contribution in [2.45, 2.75) is 44.6 Å². The first-order valence-corrected chi connectivity index (χ1v) is 7.07. The van der Waals surface area contributed by atoms with Crippen molar-refractivity contribution in [2.24, 2.45) is 13.0 Å². The molecule has 0 unspecified atom stereocenters. The van der Waals surface area contributed by atoms with Crippen molar-refractivity contribution in [1.82, 2.24) is 9.55 Å². The molecule has 1 aromatic rings. The van der Waals surface area contributed by atoms with Gasteiger partial charge < -0.3 is 20.5 Å². The van der Waals surface area contributed by atoms with Crippen LogP contribution in [0.3, 0.4) is 0 Å². The summed E-state index contributed by atoms with van der Waals surface area (Å²) in [6.07, 6.45) is 6.06. The highest BCUT2D eigenvalue weighted by molar-refractivity contribution is 5.52. The Morgan fingerprint density at radius 3 is 2.80 bits per heavy atom. The van der Waals surface area contributed by atoms with Crippen molar-refractivity contribution in [1.29, 1.82) is 0 Å². The number of aryl methyl sites for hydroxylation is 1. The van der Waals surface area contributed by atoms with Gasteiger partial charge in [0, 0.05) is 13.6 Å². The molecular formula is C13H22N4O3. The number of nitrogens with one attached hydrogen (secondary N) is 1. The summed E-state index contributed by atoms with van der Waals surface area (Å²) in [6, 6.07) is 0. The molecule has 112 valence electrons. The van der Waals surface area contributed by atoms with Crippen LogP contribution in [-0.4, -0.2) is 31.7 Å². The molecule has 1 fully saturated rings. The van der Waals surface area contributed by atoms with Crippen LogP contribution in [0, 0.1) is 16.0 Å². The smallest absolute Gasteiger partial charge is 0.388 e. The van der Waals surface area contributed by atoms with Crippen molar-refractivity contribution in [3.63, 3.8) is 0 Å². The van der Waals surface area contributed by atoms with Crippen LogP contribution in [0.1, 0.15) is 39.0 Å². The van der Waals surface area contributed by atoms with E-state index < -0.39 is 10.5 Å². The van der Waals surface area contributed by atoms with Crippen molar-refractivity contribution < 1.29 is 10.0 Å². The summed E-state index contributed by atoms with van der Waals surface area (Å²) >= 11 is 0. The lowest BCUT2D eigenvalue weighted by Gasteiger charge is -2.36. The number of imidazole rings is 1. The second kappa shape index (κ2) is 5.78. The molecule has 0 radical (unpaired) electrons. The van der Waals surface area contributed by atoms with Crippen LogP contribution in [-0.2, 0) is 7.05 Å². The number of anilines is 1. The average molecular weight is 282 g/mol. The minimum absolute atomic E-state index is 0.196. The first-order valence-electron chi connectivity index (χ1n) is 7.07. The molecule has 0 aromatic carbocycles. The number of hydrogen-bond donors (Lipinski definition) is 2. The molecule has 20 heavy (non-hydrogen) atoms. The molecule has 0 aliphatic heterocycles. The minimum Gasteiger partial charge on any atom is -0.388 e. The van der Waals surface area contributed by atoms with Gasteiger partial charge in [-0.2, -0.15) is 0 Å². The fourth-order valence-electron chi connectivity index (χ4n) is 2.80. The van der Waals surface area contributed by atoms with E-state index in [-0.39, 0.29) is 5.82 Å². The second-order valence-corrected chi connectivity index (χ2v) is 5.71. The molecule has 7 nitrogen and oxygen atoms in total. The maximum Gasteiger partial charge on any atom is 0.406 e. The molecule has 1 saturated carbocycles. The van der Waals surface area contributed by atoms with Crippen LogP contribution in [0.5, 0.6) is 0 Å². The number of nitrogens with zero attached hydrogens (tertiary/aromatic N) is 3. The van der Waals surface area contributed by atoms with E-state index in [1.165, 1.54) is 6.33 Å². The predicted molar refractivity (Wildman–Crippen MR) is 75.6 cm³/mol. The molecule has 1 aliphatic rings. The number of hydrogen-bond acceptors (Lipinski definition) is 5. The molecule has 7 heteroatoms. The molecule has 0 bridgehead atoms. The van der Waals surface area contributed by atoms with Gasteiger partial charge in [-0.1, -0.05) is 13.3 Å². The van der Waals surface area contributed by atoms with Gasteiger partial charge in [-0.25, -0.2) is 0 Å². The Kier molecular flexibility index (Phi) is 4.27. The highest BCUT2D eigenvalue weighted by Crippen LogP contribution is 2.34. The third-order valence-corrected chi connectivity index (χ3v) is 4.29. The Morgan fingerprint density at radius 2 is 2.25 bits per heavy atom. The van der Waals surface area contributed by atoms with Gasteiger partial charge in [0.05, 0.1) is 5.60 Å². The molecular weight excluding hydrogens is 260 g/mol. The lowest BCUT2D eigenvalue weighted by atomic mass is 9.78. The Balaban J connectivity index is 1.99. The summed E-state index contributed by atoms with van der Waals surface area (Å²) in [7, 11) is 1.69. The van der Waals surface area contributed by atoms with E-state index in [4.69, 9.17) is 0 Å². The van der Waals surface area contributed by atoms with Crippen LogP contribution >= 0.6 is 0 Å². The zero-order valence-corrected chi connectivity index (χ0v) is 12.0. The van der Waals surface area contributed by atoms with Crippen LogP contribution in [0.2, 0.25) is 0 Å². The van der Waals surface area contributed by atoms with Gasteiger partial charge in [-0.3, -0.25) is 4.57 Å². The number of nitro groups is 1. The first-order chi connectivity index (χ1) is 9.45. The predicted octanol–water partition coefficient (Wildman–Crippen LogP) is 2.07. The summed E-state index contributed by atoms with van der Waals surface area (Å²) in [5.41, 5.74) is -0.774. The van der Waals surface area contributed by atoms with E-state index in [9.17, 15) is 15.2 Å². The monoisotopic (exact) mass is 282 g/mol. The molecule has 0 spiro atoms. The fourth-order valence-corrected chi connectivity index (χ4v) is 2.80. The van der Waals surface area contributed by atoms with Gasteiger partial charge in [0.15, 0.2) is 0 Å². The van der Waals surface area contributed by atoms with Gasteiger partial charge in [-0.05, 0) is 41.5 Å². The zero-order chi connectivity index (χ0) is 14.8. The van der Waals surface area contributed by atoms with Gasteiger partial charge in [0.2, 0.25) is 12.1 Å². The second-order valence-electron chi connectivity index (χ2n) is 5.71. The fraction of sp³-hybridized carbons (Fsp3) is 0.769. The van der Waals surface area contributed by atoms with E-state index in [0.717, 1.165) is 32.1 Å². The molecule has 0 atom stereocenters. The molecule has 1 aromatic heterocycles. The maximum atomic E-state index is 10.9. The van der Waals surface area contributed by atoms with E-state index in [0.29, 0.717) is 18.3 Å². The lowest BCUT2D eigenvalue weighted by Crippen LogP contribution is -2.40. The molecule has 1 aliphatic carbocycles. The van der Waals surface area contributed by atoms with Crippen LogP contribution in [0.25, 0.3) is 0 Å². The summed E-state index contributed by atoms with van der Waals surface area (Å²) < 4.78 is 1.57. The minimum atomic E-state index is -0.774. The largest absolute Gasteiger partial charge is 0.406 e. The van der Waals surface area contributed by atoms with Crippen molar-refractivity contribution in [2.75, 3.05) is 11.9 Å². The SMILES string of the molecule is CCC1CCC(O)(CNc2c([N+](=O)[O-])ncn2C)CC1. The van der Waals surface area contributed by atoms with Crippen molar-refractivity contribution >= 4 is 11.6 Å². The molecule has 1 heterocycles. The van der Waals surface area contributed by atoms with E-state index in [2.05, 4.69) is 17.2 Å². The average Bonchev–Trinajstić information content (AvgIpc) is 2.79. The standard InChI is InChI=1S/C13H22N4O3/c1-3-10-4-6-13(18,7-5-10)8-14-11-12(17(19)20)15-9-16(11)2/h9-10,14,18H,3-8H2,1-2H3. The van der Waals surface area contributed by atoms with Crippen LogP contribution in [0.4, 0.5) is 11.6 Å². The van der Waals surface area contributed by atoms with Gasteiger partial charge >= 0.3 is 5.82 Å². The molecule has 0 saturated heterocycles. The zero-order valence-electron chi connectivity index (χ0n) is 12.0. The molecule has 2 N–H and O–H groups in total. The molecule has 2 rings (SSSR count). The van der Waals surface area contributed by atoms with Gasteiger partial charge in [0.1, 0.15) is 0 Å². The highest BCUT2D eigenvalue weighted by Gasteiger charge is 2.33. The maximum absolute atomic E-state index is 10.9. The Hall–Kier alpha value is -1.63. The quantitative estimate of drug-likeness (QED) is 0.637. The molecule has 0 amide bonds. The van der Waals surface area contributed by atoms with E-state index in [1.54, 1.807) is 11.6 Å². The van der Waals surface area contributed by atoms with Crippen LogP contribution in [0.15, 0.2) is 6.33 Å². The highest BCUT2D eigenvalue weighted by atomic mass is 16.6. The number of aliphatic hydroxyl groups is 1. The Bertz CT molecular complexity index is 478. The summed E-state index contributed by atoms with van der Waals surface area (Å²) in [4.78, 5) is 14.1. The Labute approximate surface area is 118 Å². The number of aromatic nitrogens is 2. The third-order valence-electron chi connectivity index (χ3n) is 4.29. The van der Waals surface area contributed by atoms with E-state index >= 15 is 0 Å². The Morgan fingerprint density at radius 1 is 1.60 bits per heavy atom. The van der Waals surface area contributed by atoms with Crippen LogP contribution < -0.4 is 5.32 Å². The normalized spacial score (nSPS) is 26.4. The summed E-state index contributed by atoms with van der Waals surface area (Å²) in [5, 5.41) is 24.4. The van der Waals surface area contributed by atoms with E-state index in [1.807, 2.05) is 0 Å². The van der Waals surface area contributed by atoms with Gasteiger partial charge in [0.25, 0.3) is 0 Å². The van der Waals surface area contributed by atoms with Crippen molar-refractivity contribution in [3.05, 3.63) is 16.4 Å². The summed E-state index contributed by atoms with van der Waals surface area (Å²) in [5.74, 6) is 0.848. The lowest BCUT2D eigenvalue weighted by molar-refractivity contribution is -0.388. The first kappa shape index (κ1) is 14.8. The van der Waals surface area contributed by atoms with Gasteiger partial charge in [-0.15, -0.1) is 0 Å². The third kappa shape index (κ3) is 3.09. The topological polar surface area (TPSA) is 93.2 Å². The summed E-state index contributed by atoms with van der Waals surface area (Å²) in [6.45, 7) is 2.50.